The number of hydrogen-bond donors (Lipinski definition) is 2. The lowest BCUT2D eigenvalue weighted by Gasteiger charge is -2.36. The Morgan fingerprint density at radius 3 is 2.41 bits per heavy atom. The van der Waals surface area contributed by atoms with Crippen LogP contribution in [-0.2, 0) is 10.0 Å². The van der Waals surface area contributed by atoms with Crippen molar-refractivity contribution in [1.82, 2.24) is 4.31 Å². The molecule has 0 aliphatic carbocycles. The Labute approximate surface area is 192 Å². The summed E-state index contributed by atoms with van der Waals surface area (Å²) in [6.07, 6.45) is 3.00. The summed E-state index contributed by atoms with van der Waals surface area (Å²) in [6, 6.07) is 14.9. The lowest BCUT2D eigenvalue weighted by Crippen LogP contribution is -2.50. The summed E-state index contributed by atoms with van der Waals surface area (Å²) in [5.74, 6) is 0. The van der Waals surface area contributed by atoms with Gasteiger partial charge < -0.3 is 21.3 Å². The highest BCUT2D eigenvalue weighted by Gasteiger charge is 2.39. The maximum Gasteiger partial charge on any atom is 0.243 e. The molecule has 10 heteroatoms. The van der Waals surface area contributed by atoms with Crippen LogP contribution in [0.3, 0.4) is 0 Å². The summed E-state index contributed by atoms with van der Waals surface area (Å²) < 4.78 is 27.2. The van der Waals surface area contributed by atoms with Gasteiger partial charge in [-0.15, -0.1) is 0 Å². The molecule has 168 valence electrons. The molecule has 32 heavy (non-hydrogen) atoms. The number of benzene rings is 2. The van der Waals surface area contributed by atoms with Gasteiger partial charge >= 0.3 is 0 Å². The van der Waals surface area contributed by atoms with Crippen LogP contribution in [0.1, 0.15) is 18.4 Å². The van der Waals surface area contributed by atoms with Crippen LogP contribution >= 0.6 is 11.8 Å². The van der Waals surface area contributed by atoms with Gasteiger partial charge in [0.25, 0.3) is 0 Å². The zero-order valence-corrected chi connectivity index (χ0v) is 19.4. The monoisotopic (exact) mass is 470 g/mol. The summed E-state index contributed by atoms with van der Waals surface area (Å²) in [5, 5.41) is 0.803. The number of aryl methyl sites for hydroxylation is 1. The van der Waals surface area contributed by atoms with Crippen LogP contribution in [0.25, 0.3) is 0 Å². The fourth-order valence-corrected chi connectivity index (χ4v) is 6.87. The first-order valence-corrected chi connectivity index (χ1v) is 12.9. The second-order valence-corrected chi connectivity index (χ2v) is 11.1. The molecule has 5 rings (SSSR count). The van der Waals surface area contributed by atoms with Gasteiger partial charge in [0.05, 0.1) is 16.9 Å². The maximum atomic E-state index is 12.8. The molecular weight excluding hydrogens is 444 g/mol. The minimum Gasteiger partial charge on any atom is -0.314 e. The molecular formula is C22H26N6O2S2. The number of sulfonamides is 1. The topological polar surface area (TPSA) is 108 Å². The molecule has 2 unspecified atom stereocenters. The summed E-state index contributed by atoms with van der Waals surface area (Å²) in [6.45, 7) is 3.20. The SMILES string of the molecule is Cc1ccccc1N1C2=C(N=CN(c3ccc(S(=O)(=O)N4CCCC4)cc3)C2N)SC1N. The number of para-hydroxylation sites is 1. The minimum absolute atomic E-state index is 0.297. The molecule has 2 aromatic carbocycles. The molecule has 0 radical (unpaired) electrons. The molecule has 0 amide bonds. The van der Waals surface area contributed by atoms with E-state index in [0.717, 1.165) is 40.5 Å². The maximum absolute atomic E-state index is 12.8. The van der Waals surface area contributed by atoms with E-state index in [-0.39, 0.29) is 5.50 Å². The first-order chi connectivity index (χ1) is 15.4. The van der Waals surface area contributed by atoms with E-state index < -0.39 is 16.2 Å². The average Bonchev–Trinajstić information content (AvgIpc) is 3.43. The zero-order valence-electron chi connectivity index (χ0n) is 17.8. The van der Waals surface area contributed by atoms with E-state index in [4.69, 9.17) is 11.5 Å². The molecule has 0 aromatic heterocycles. The van der Waals surface area contributed by atoms with Gasteiger partial charge in [-0.1, -0.05) is 30.0 Å². The van der Waals surface area contributed by atoms with Crippen molar-refractivity contribution in [3.63, 3.8) is 0 Å². The largest absolute Gasteiger partial charge is 0.314 e. The molecule has 3 aliphatic heterocycles. The van der Waals surface area contributed by atoms with Gasteiger partial charge in [0, 0.05) is 24.5 Å². The third-order valence-electron chi connectivity index (χ3n) is 6.06. The Bertz CT molecular complexity index is 1190. The van der Waals surface area contributed by atoms with Crippen LogP contribution in [0, 0.1) is 6.92 Å². The highest BCUT2D eigenvalue weighted by atomic mass is 32.2. The first kappa shape index (κ1) is 21.5. The fourth-order valence-electron chi connectivity index (χ4n) is 4.35. The number of nitrogens with two attached hydrogens (primary N) is 2. The van der Waals surface area contributed by atoms with Crippen LogP contribution < -0.4 is 21.3 Å². The smallest absolute Gasteiger partial charge is 0.243 e. The molecule has 1 fully saturated rings. The van der Waals surface area contributed by atoms with Crippen molar-refractivity contribution in [2.75, 3.05) is 22.9 Å². The highest BCUT2D eigenvalue weighted by Crippen LogP contribution is 2.44. The Morgan fingerprint density at radius 1 is 1.03 bits per heavy atom. The molecule has 4 N–H and O–H groups in total. The van der Waals surface area contributed by atoms with Gasteiger partial charge in [0.2, 0.25) is 10.0 Å². The van der Waals surface area contributed by atoms with Crippen molar-refractivity contribution in [2.45, 2.75) is 36.3 Å². The van der Waals surface area contributed by atoms with E-state index in [1.807, 2.05) is 41.0 Å². The first-order valence-electron chi connectivity index (χ1n) is 10.6. The lowest BCUT2D eigenvalue weighted by atomic mass is 10.1. The van der Waals surface area contributed by atoms with Crippen molar-refractivity contribution >= 4 is 39.5 Å². The van der Waals surface area contributed by atoms with Crippen molar-refractivity contribution in [1.29, 1.82) is 0 Å². The van der Waals surface area contributed by atoms with E-state index in [2.05, 4.69) is 4.99 Å². The Morgan fingerprint density at radius 2 is 1.72 bits per heavy atom. The van der Waals surface area contributed by atoms with Crippen LogP contribution in [0.15, 0.2) is 69.1 Å². The van der Waals surface area contributed by atoms with E-state index in [9.17, 15) is 8.42 Å². The minimum atomic E-state index is -3.46. The van der Waals surface area contributed by atoms with Gasteiger partial charge in [-0.05, 0) is 55.7 Å². The van der Waals surface area contributed by atoms with Crippen LogP contribution in [0.5, 0.6) is 0 Å². The number of rotatable bonds is 4. The fraction of sp³-hybridized carbons (Fsp3) is 0.318. The molecule has 0 bridgehead atoms. The van der Waals surface area contributed by atoms with E-state index in [1.54, 1.807) is 34.9 Å². The number of hydrogen-bond acceptors (Lipinski definition) is 8. The van der Waals surface area contributed by atoms with Crippen LogP contribution in [0.4, 0.5) is 11.4 Å². The molecule has 3 aliphatic rings. The van der Waals surface area contributed by atoms with Gasteiger partial charge in [-0.3, -0.25) is 0 Å². The summed E-state index contributed by atoms with van der Waals surface area (Å²) in [4.78, 5) is 8.78. The highest BCUT2D eigenvalue weighted by molar-refractivity contribution is 8.04. The van der Waals surface area contributed by atoms with E-state index in [1.165, 1.54) is 11.8 Å². The molecule has 2 aromatic rings. The van der Waals surface area contributed by atoms with Crippen molar-refractivity contribution < 1.29 is 8.42 Å². The second-order valence-electron chi connectivity index (χ2n) is 8.06. The van der Waals surface area contributed by atoms with Gasteiger partial charge in [0.1, 0.15) is 16.7 Å². The summed E-state index contributed by atoms with van der Waals surface area (Å²) in [5.41, 5.74) is 16.5. The van der Waals surface area contributed by atoms with Gasteiger partial charge in [0.15, 0.2) is 0 Å². The predicted octanol–water partition coefficient (Wildman–Crippen LogP) is 2.58. The molecule has 8 nitrogen and oxygen atoms in total. The van der Waals surface area contributed by atoms with Crippen LogP contribution in [-0.4, -0.2) is 43.8 Å². The molecule has 3 heterocycles. The quantitative estimate of drug-likeness (QED) is 0.707. The van der Waals surface area contributed by atoms with Crippen molar-refractivity contribution in [3.8, 4) is 0 Å². The predicted molar refractivity (Wildman–Crippen MR) is 130 cm³/mol. The molecule has 1 saturated heterocycles. The number of thioether (sulfide) groups is 1. The van der Waals surface area contributed by atoms with E-state index in [0.29, 0.717) is 18.0 Å². The van der Waals surface area contributed by atoms with E-state index >= 15 is 0 Å². The Balaban J connectivity index is 1.43. The molecule has 2 atom stereocenters. The number of aliphatic imine (C=N–C) groups is 1. The summed E-state index contributed by atoms with van der Waals surface area (Å²) in [7, 11) is -3.46. The lowest BCUT2D eigenvalue weighted by molar-refractivity contribution is 0.477. The third kappa shape index (κ3) is 3.52. The normalized spacial score (nSPS) is 23.8. The zero-order chi connectivity index (χ0) is 22.5. The van der Waals surface area contributed by atoms with Crippen molar-refractivity contribution in [3.05, 3.63) is 64.8 Å². The average molecular weight is 471 g/mol. The molecule has 0 spiro atoms. The van der Waals surface area contributed by atoms with Gasteiger partial charge in [-0.25, -0.2) is 13.4 Å². The second kappa shape index (κ2) is 8.20. The van der Waals surface area contributed by atoms with Crippen LogP contribution in [0.2, 0.25) is 0 Å². The summed E-state index contributed by atoms with van der Waals surface area (Å²) >= 11 is 1.48. The standard InChI is InChI=1S/C22H26N6O2S2/c1-15-6-2-3-7-18(15)28-19-20(23)27(14-25-21(19)31-22(28)24)16-8-10-17(11-9-16)32(29,30)26-12-4-5-13-26/h2-3,6-11,14,20,22H,4-5,12-13,23-24H2,1H3. The third-order valence-corrected chi connectivity index (χ3v) is 8.96. The van der Waals surface area contributed by atoms with Gasteiger partial charge in [-0.2, -0.15) is 4.31 Å². The Kier molecular flexibility index (Phi) is 5.50. The number of anilines is 2. The Hall–Kier alpha value is -2.37. The molecule has 0 saturated carbocycles. The van der Waals surface area contributed by atoms with Crippen molar-refractivity contribution in [2.24, 2.45) is 16.5 Å². The number of nitrogens with zero attached hydrogens (tertiary/aromatic N) is 4.